The van der Waals surface area contributed by atoms with Gasteiger partial charge in [0, 0.05) is 12.8 Å². The molecule has 0 fully saturated rings. The third-order valence-electron chi connectivity index (χ3n) is 3.83. The number of esters is 1. The second-order valence-corrected chi connectivity index (χ2v) is 5.80. The van der Waals surface area contributed by atoms with Crippen molar-refractivity contribution in [3.05, 3.63) is 65.8 Å². The molecular formula is C20H18FN3O4. The molecule has 8 heteroatoms. The predicted octanol–water partition coefficient (Wildman–Crippen LogP) is 3.62. The molecule has 0 aliphatic carbocycles. The maximum absolute atomic E-state index is 13.8. The van der Waals surface area contributed by atoms with Crippen LogP contribution in [-0.4, -0.2) is 28.7 Å². The van der Waals surface area contributed by atoms with E-state index < -0.39 is 11.8 Å². The number of carbonyl (C=O) groups excluding carboxylic acids is 2. The zero-order chi connectivity index (χ0) is 19.9. The number of carbonyl (C=O) groups is 2. The van der Waals surface area contributed by atoms with Gasteiger partial charge in [0.25, 0.3) is 5.89 Å². The standard InChI is InChI=1S/C20H18FN3O4/c1-2-27-20(26)14-8-4-6-10-16(14)22-17(25)11-12-18-23-24-19(28-18)13-7-3-5-9-15(13)21/h3-10H,2,11-12H2,1H3,(H,22,25). The van der Waals surface area contributed by atoms with Gasteiger partial charge in [0.05, 0.1) is 23.4 Å². The van der Waals surface area contributed by atoms with Crippen LogP contribution in [0.25, 0.3) is 11.5 Å². The van der Waals surface area contributed by atoms with Gasteiger partial charge in [0.1, 0.15) is 5.82 Å². The van der Waals surface area contributed by atoms with Crippen molar-refractivity contribution in [2.24, 2.45) is 0 Å². The van der Waals surface area contributed by atoms with E-state index in [9.17, 15) is 14.0 Å². The molecule has 1 N–H and O–H groups in total. The molecule has 0 spiro atoms. The molecule has 0 bridgehead atoms. The molecule has 0 aliphatic heterocycles. The van der Waals surface area contributed by atoms with Gasteiger partial charge in [0.2, 0.25) is 11.8 Å². The zero-order valence-electron chi connectivity index (χ0n) is 15.1. The highest BCUT2D eigenvalue weighted by Crippen LogP contribution is 2.21. The molecule has 1 heterocycles. The molecule has 0 unspecified atom stereocenters. The lowest BCUT2D eigenvalue weighted by molar-refractivity contribution is -0.116. The fourth-order valence-corrected chi connectivity index (χ4v) is 2.51. The van der Waals surface area contributed by atoms with E-state index in [2.05, 4.69) is 15.5 Å². The summed E-state index contributed by atoms with van der Waals surface area (Å²) in [5, 5.41) is 10.3. The Bertz CT molecular complexity index is 987. The predicted molar refractivity (Wildman–Crippen MR) is 99.0 cm³/mol. The van der Waals surface area contributed by atoms with Crippen LogP contribution >= 0.6 is 0 Å². The van der Waals surface area contributed by atoms with E-state index in [1.54, 1.807) is 43.3 Å². The van der Waals surface area contributed by atoms with E-state index in [1.165, 1.54) is 12.1 Å². The molecule has 0 radical (unpaired) electrons. The van der Waals surface area contributed by atoms with Crippen LogP contribution in [0.4, 0.5) is 10.1 Å². The molecule has 3 rings (SSSR count). The molecule has 144 valence electrons. The molecule has 0 atom stereocenters. The number of amides is 1. The van der Waals surface area contributed by atoms with Crippen LogP contribution in [0.2, 0.25) is 0 Å². The van der Waals surface area contributed by atoms with Crippen molar-refractivity contribution in [2.75, 3.05) is 11.9 Å². The highest BCUT2D eigenvalue weighted by Gasteiger charge is 2.16. The summed E-state index contributed by atoms with van der Waals surface area (Å²) in [6.45, 7) is 1.95. The van der Waals surface area contributed by atoms with E-state index in [1.807, 2.05) is 0 Å². The first-order valence-electron chi connectivity index (χ1n) is 8.71. The minimum Gasteiger partial charge on any atom is -0.462 e. The molecular weight excluding hydrogens is 365 g/mol. The van der Waals surface area contributed by atoms with Crippen LogP contribution in [0, 0.1) is 5.82 Å². The second-order valence-electron chi connectivity index (χ2n) is 5.80. The summed E-state index contributed by atoms with van der Waals surface area (Å²) >= 11 is 0. The summed E-state index contributed by atoms with van der Waals surface area (Å²) < 4.78 is 24.2. The Kier molecular flexibility index (Phi) is 6.11. The minimum absolute atomic E-state index is 0.0517. The number of nitrogens with zero attached hydrogens (tertiary/aromatic N) is 2. The molecule has 2 aromatic carbocycles. The molecule has 1 aromatic heterocycles. The number of aromatic nitrogens is 2. The number of ether oxygens (including phenoxy) is 1. The number of halogens is 1. The van der Waals surface area contributed by atoms with E-state index in [-0.39, 0.29) is 48.3 Å². The zero-order valence-corrected chi connectivity index (χ0v) is 15.1. The normalized spacial score (nSPS) is 10.5. The van der Waals surface area contributed by atoms with Crippen LogP contribution in [0.15, 0.2) is 52.9 Å². The number of nitrogens with one attached hydrogen (secondary N) is 1. The van der Waals surface area contributed by atoms with Gasteiger partial charge in [0.15, 0.2) is 0 Å². The number of rotatable bonds is 7. The van der Waals surface area contributed by atoms with Crippen LogP contribution < -0.4 is 5.32 Å². The van der Waals surface area contributed by atoms with Crippen molar-refractivity contribution in [2.45, 2.75) is 19.8 Å². The number of aryl methyl sites for hydroxylation is 1. The van der Waals surface area contributed by atoms with Crippen molar-refractivity contribution in [3.63, 3.8) is 0 Å². The average Bonchev–Trinajstić information content (AvgIpc) is 3.16. The molecule has 7 nitrogen and oxygen atoms in total. The van der Waals surface area contributed by atoms with E-state index in [0.29, 0.717) is 5.69 Å². The van der Waals surface area contributed by atoms with Crippen molar-refractivity contribution in [3.8, 4) is 11.5 Å². The first kappa shape index (κ1) is 19.2. The van der Waals surface area contributed by atoms with Gasteiger partial charge >= 0.3 is 5.97 Å². The Morgan fingerprint density at radius 3 is 2.64 bits per heavy atom. The quantitative estimate of drug-likeness (QED) is 0.626. The monoisotopic (exact) mass is 383 g/mol. The van der Waals surface area contributed by atoms with Gasteiger partial charge in [-0.05, 0) is 31.2 Å². The fourth-order valence-electron chi connectivity index (χ4n) is 2.51. The summed E-state index contributed by atoms with van der Waals surface area (Å²) in [6, 6.07) is 12.6. The van der Waals surface area contributed by atoms with E-state index in [0.717, 1.165) is 0 Å². The molecule has 3 aromatic rings. The van der Waals surface area contributed by atoms with Gasteiger partial charge in [-0.15, -0.1) is 10.2 Å². The lowest BCUT2D eigenvalue weighted by atomic mass is 10.1. The lowest BCUT2D eigenvalue weighted by Gasteiger charge is -2.09. The Hall–Kier alpha value is -3.55. The number of anilines is 1. The molecule has 0 saturated heterocycles. The highest BCUT2D eigenvalue weighted by molar-refractivity contribution is 6.01. The van der Waals surface area contributed by atoms with Gasteiger partial charge in [-0.2, -0.15) is 0 Å². The third-order valence-corrected chi connectivity index (χ3v) is 3.83. The van der Waals surface area contributed by atoms with Crippen molar-refractivity contribution >= 4 is 17.6 Å². The first-order chi connectivity index (χ1) is 13.6. The SMILES string of the molecule is CCOC(=O)c1ccccc1NC(=O)CCc1nnc(-c2ccccc2F)o1. The van der Waals surface area contributed by atoms with E-state index >= 15 is 0 Å². The smallest absolute Gasteiger partial charge is 0.340 e. The van der Waals surface area contributed by atoms with Crippen molar-refractivity contribution in [1.29, 1.82) is 0 Å². The van der Waals surface area contributed by atoms with Crippen LogP contribution in [0.3, 0.4) is 0 Å². The van der Waals surface area contributed by atoms with Gasteiger partial charge in [-0.25, -0.2) is 9.18 Å². The first-order valence-corrected chi connectivity index (χ1v) is 8.71. The van der Waals surface area contributed by atoms with Gasteiger partial charge < -0.3 is 14.5 Å². The van der Waals surface area contributed by atoms with Crippen molar-refractivity contribution < 1.29 is 23.1 Å². The minimum atomic E-state index is -0.509. The maximum Gasteiger partial charge on any atom is 0.340 e. The topological polar surface area (TPSA) is 94.3 Å². The lowest BCUT2D eigenvalue weighted by Crippen LogP contribution is -2.16. The maximum atomic E-state index is 13.8. The van der Waals surface area contributed by atoms with Crippen LogP contribution in [0.1, 0.15) is 29.6 Å². The highest BCUT2D eigenvalue weighted by atomic mass is 19.1. The third kappa shape index (κ3) is 4.59. The second kappa shape index (κ2) is 8.90. The Morgan fingerprint density at radius 2 is 1.86 bits per heavy atom. The summed E-state index contributed by atoms with van der Waals surface area (Å²) in [6.07, 6.45) is 0.227. The number of para-hydroxylation sites is 1. The van der Waals surface area contributed by atoms with Gasteiger partial charge in [-0.3, -0.25) is 4.79 Å². The number of benzene rings is 2. The number of hydrogen-bond acceptors (Lipinski definition) is 6. The molecule has 0 aliphatic rings. The Morgan fingerprint density at radius 1 is 1.11 bits per heavy atom. The number of hydrogen-bond donors (Lipinski definition) is 1. The summed E-state index contributed by atoms with van der Waals surface area (Å²) in [5.41, 5.74) is 0.843. The molecule has 1 amide bonds. The summed E-state index contributed by atoms with van der Waals surface area (Å²) in [7, 11) is 0. The van der Waals surface area contributed by atoms with Crippen molar-refractivity contribution in [1.82, 2.24) is 10.2 Å². The van der Waals surface area contributed by atoms with E-state index in [4.69, 9.17) is 9.15 Å². The Labute approximate surface area is 160 Å². The largest absolute Gasteiger partial charge is 0.462 e. The fraction of sp³-hybridized carbons (Fsp3) is 0.200. The summed E-state index contributed by atoms with van der Waals surface area (Å²) in [5.74, 6) is -1.04. The summed E-state index contributed by atoms with van der Waals surface area (Å²) in [4.78, 5) is 24.2. The average molecular weight is 383 g/mol. The molecule has 0 saturated carbocycles. The van der Waals surface area contributed by atoms with Crippen LogP contribution in [-0.2, 0) is 16.0 Å². The van der Waals surface area contributed by atoms with Gasteiger partial charge in [-0.1, -0.05) is 24.3 Å². The van der Waals surface area contributed by atoms with Crippen LogP contribution in [0.5, 0.6) is 0 Å². The Balaban J connectivity index is 1.62. The molecule has 28 heavy (non-hydrogen) atoms.